The van der Waals surface area contributed by atoms with Gasteiger partial charge in [0.15, 0.2) is 0 Å². The Labute approximate surface area is 148 Å². The van der Waals surface area contributed by atoms with Crippen molar-refractivity contribution >= 4 is 22.7 Å². The summed E-state index contributed by atoms with van der Waals surface area (Å²) >= 11 is 0. The summed E-state index contributed by atoms with van der Waals surface area (Å²) in [6, 6.07) is 5.86. The number of nitrogens with one attached hydrogen (secondary N) is 2. The number of aryl methyl sites for hydroxylation is 2. The van der Waals surface area contributed by atoms with Gasteiger partial charge in [-0.15, -0.1) is 0 Å². The average molecular weight is 341 g/mol. The Balaban J connectivity index is 1.81. The molecule has 0 aliphatic carbocycles. The third-order valence-corrected chi connectivity index (χ3v) is 5.20. The lowest BCUT2D eigenvalue weighted by Crippen LogP contribution is -2.45. The number of nitrogens with zero attached hydrogens (tertiary/aromatic N) is 1. The Bertz CT molecular complexity index is 794. The molecule has 1 aliphatic heterocycles. The highest BCUT2D eigenvalue weighted by Gasteiger charge is 2.29. The van der Waals surface area contributed by atoms with Crippen molar-refractivity contribution in [3.05, 3.63) is 35.0 Å². The van der Waals surface area contributed by atoms with E-state index in [1.165, 1.54) is 5.56 Å². The SMILES string of the molecule is CCCNC(=O)[C@@H]1CCCN(C(=O)c2cccc3c(C)c(C)[nH]c23)C1. The lowest BCUT2D eigenvalue weighted by Gasteiger charge is -2.32. The Morgan fingerprint density at radius 3 is 2.88 bits per heavy atom. The summed E-state index contributed by atoms with van der Waals surface area (Å²) < 4.78 is 0. The zero-order valence-corrected chi connectivity index (χ0v) is 15.3. The molecule has 2 N–H and O–H groups in total. The van der Waals surface area contributed by atoms with Gasteiger partial charge in [0.1, 0.15) is 0 Å². The van der Waals surface area contributed by atoms with Gasteiger partial charge < -0.3 is 15.2 Å². The Morgan fingerprint density at radius 2 is 2.12 bits per heavy atom. The van der Waals surface area contributed by atoms with Crippen LogP contribution in [0.25, 0.3) is 10.9 Å². The largest absolute Gasteiger partial charge is 0.358 e. The van der Waals surface area contributed by atoms with E-state index in [9.17, 15) is 9.59 Å². The van der Waals surface area contributed by atoms with Crippen LogP contribution in [0.4, 0.5) is 0 Å². The number of carbonyl (C=O) groups excluding carboxylic acids is 2. The number of aromatic amines is 1. The van der Waals surface area contributed by atoms with Gasteiger partial charge >= 0.3 is 0 Å². The van der Waals surface area contributed by atoms with Gasteiger partial charge in [0.25, 0.3) is 5.91 Å². The van der Waals surface area contributed by atoms with Crippen molar-refractivity contribution in [1.29, 1.82) is 0 Å². The summed E-state index contributed by atoms with van der Waals surface area (Å²) in [4.78, 5) is 30.5. The molecule has 0 spiro atoms. The topological polar surface area (TPSA) is 65.2 Å². The van der Waals surface area contributed by atoms with Gasteiger partial charge in [0.2, 0.25) is 5.91 Å². The van der Waals surface area contributed by atoms with Crippen molar-refractivity contribution in [2.45, 2.75) is 40.0 Å². The van der Waals surface area contributed by atoms with E-state index >= 15 is 0 Å². The molecule has 0 bridgehead atoms. The van der Waals surface area contributed by atoms with E-state index in [0.29, 0.717) is 25.2 Å². The first kappa shape index (κ1) is 17.5. The van der Waals surface area contributed by atoms with Crippen LogP contribution in [-0.2, 0) is 4.79 Å². The highest BCUT2D eigenvalue weighted by molar-refractivity contribution is 6.06. The first-order valence-corrected chi connectivity index (χ1v) is 9.17. The van der Waals surface area contributed by atoms with Crippen LogP contribution in [0.5, 0.6) is 0 Å². The minimum atomic E-state index is -0.101. The molecule has 1 aliphatic rings. The van der Waals surface area contributed by atoms with Crippen molar-refractivity contribution in [3.8, 4) is 0 Å². The van der Waals surface area contributed by atoms with E-state index in [1.807, 2.05) is 36.9 Å². The summed E-state index contributed by atoms with van der Waals surface area (Å²) in [5.74, 6) is -0.0143. The maximum atomic E-state index is 13.1. The fraction of sp³-hybridized carbons (Fsp3) is 0.500. The molecule has 1 aromatic carbocycles. The smallest absolute Gasteiger partial charge is 0.256 e. The van der Waals surface area contributed by atoms with Gasteiger partial charge in [0.05, 0.1) is 17.0 Å². The number of aromatic nitrogens is 1. The van der Waals surface area contributed by atoms with Crippen molar-refractivity contribution in [2.75, 3.05) is 19.6 Å². The molecular weight excluding hydrogens is 314 g/mol. The number of rotatable bonds is 4. The first-order valence-electron chi connectivity index (χ1n) is 9.17. The zero-order chi connectivity index (χ0) is 18.0. The number of H-pyrrole nitrogens is 1. The number of hydrogen-bond acceptors (Lipinski definition) is 2. The quantitative estimate of drug-likeness (QED) is 0.897. The third kappa shape index (κ3) is 3.41. The van der Waals surface area contributed by atoms with Crippen molar-refractivity contribution in [3.63, 3.8) is 0 Å². The predicted molar refractivity (Wildman–Crippen MR) is 99.7 cm³/mol. The highest BCUT2D eigenvalue weighted by Crippen LogP contribution is 2.26. The van der Waals surface area contributed by atoms with Crippen LogP contribution in [0.15, 0.2) is 18.2 Å². The van der Waals surface area contributed by atoms with E-state index in [0.717, 1.165) is 35.9 Å². The molecule has 3 rings (SSSR count). The fourth-order valence-electron chi connectivity index (χ4n) is 3.60. The number of fused-ring (bicyclic) bond motifs is 1. The number of amides is 2. The van der Waals surface area contributed by atoms with E-state index in [-0.39, 0.29) is 17.7 Å². The molecule has 0 unspecified atom stereocenters. The normalized spacial score (nSPS) is 17.7. The van der Waals surface area contributed by atoms with Gasteiger partial charge in [-0.2, -0.15) is 0 Å². The molecule has 2 aromatic rings. The van der Waals surface area contributed by atoms with Crippen LogP contribution >= 0.6 is 0 Å². The maximum Gasteiger partial charge on any atom is 0.256 e. The number of para-hydroxylation sites is 1. The second-order valence-corrected chi connectivity index (χ2v) is 6.98. The summed E-state index contributed by atoms with van der Waals surface area (Å²) in [6.45, 7) is 8.05. The highest BCUT2D eigenvalue weighted by atomic mass is 16.2. The second-order valence-electron chi connectivity index (χ2n) is 6.98. The molecule has 0 saturated carbocycles. The van der Waals surface area contributed by atoms with E-state index in [1.54, 1.807) is 0 Å². The van der Waals surface area contributed by atoms with Crippen molar-refractivity contribution < 1.29 is 9.59 Å². The Morgan fingerprint density at radius 1 is 1.32 bits per heavy atom. The van der Waals surface area contributed by atoms with E-state index < -0.39 is 0 Å². The van der Waals surface area contributed by atoms with Crippen LogP contribution in [0.1, 0.15) is 47.8 Å². The van der Waals surface area contributed by atoms with Crippen LogP contribution in [0.2, 0.25) is 0 Å². The summed E-state index contributed by atoms with van der Waals surface area (Å²) in [7, 11) is 0. The Kier molecular flexibility index (Phi) is 5.11. The van der Waals surface area contributed by atoms with Gasteiger partial charge in [0, 0.05) is 30.7 Å². The van der Waals surface area contributed by atoms with E-state index in [2.05, 4.69) is 17.2 Å². The van der Waals surface area contributed by atoms with Gasteiger partial charge in [-0.1, -0.05) is 19.1 Å². The summed E-state index contributed by atoms with van der Waals surface area (Å²) in [6.07, 6.45) is 2.65. The summed E-state index contributed by atoms with van der Waals surface area (Å²) in [5, 5.41) is 4.05. The zero-order valence-electron chi connectivity index (χ0n) is 15.3. The van der Waals surface area contributed by atoms with Gasteiger partial charge in [-0.05, 0) is 44.7 Å². The Hall–Kier alpha value is -2.30. The van der Waals surface area contributed by atoms with Gasteiger partial charge in [-0.25, -0.2) is 0 Å². The molecule has 2 heterocycles. The molecule has 1 atom stereocenters. The average Bonchev–Trinajstić information content (AvgIpc) is 2.93. The molecule has 5 nitrogen and oxygen atoms in total. The number of likely N-dealkylation sites (tertiary alicyclic amines) is 1. The fourth-order valence-corrected chi connectivity index (χ4v) is 3.60. The van der Waals surface area contributed by atoms with Crippen LogP contribution in [0, 0.1) is 19.8 Å². The van der Waals surface area contributed by atoms with Crippen LogP contribution in [0.3, 0.4) is 0 Å². The molecule has 134 valence electrons. The molecule has 25 heavy (non-hydrogen) atoms. The molecular formula is C20H27N3O2. The van der Waals surface area contributed by atoms with Crippen molar-refractivity contribution in [1.82, 2.24) is 15.2 Å². The molecule has 1 aromatic heterocycles. The van der Waals surface area contributed by atoms with Gasteiger partial charge in [-0.3, -0.25) is 9.59 Å². The second kappa shape index (κ2) is 7.30. The standard InChI is InChI=1S/C20H27N3O2/c1-4-10-21-19(24)15-7-6-11-23(12-15)20(25)17-9-5-8-16-13(2)14(3)22-18(16)17/h5,8-9,15,22H,4,6-7,10-12H2,1-3H3,(H,21,24)/t15-/m1/s1. The lowest BCUT2D eigenvalue weighted by atomic mass is 9.96. The number of benzene rings is 1. The lowest BCUT2D eigenvalue weighted by molar-refractivity contribution is -0.126. The number of piperidine rings is 1. The maximum absolute atomic E-state index is 13.1. The third-order valence-electron chi connectivity index (χ3n) is 5.20. The first-order chi connectivity index (χ1) is 12.0. The monoisotopic (exact) mass is 341 g/mol. The molecule has 1 saturated heterocycles. The van der Waals surface area contributed by atoms with Crippen LogP contribution < -0.4 is 5.32 Å². The predicted octanol–water partition coefficient (Wildman–Crippen LogP) is 3.16. The minimum absolute atomic E-state index is 0.0137. The minimum Gasteiger partial charge on any atom is -0.358 e. The number of carbonyl (C=O) groups is 2. The molecule has 0 radical (unpaired) electrons. The van der Waals surface area contributed by atoms with Crippen molar-refractivity contribution in [2.24, 2.45) is 5.92 Å². The van der Waals surface area contributed by atoms with Crippen LogP contribution in [-0.4, -0.2) is 41.3 Å². The van der Waals surface area contributed by atoms with E-state index in [4.69, 9.17) is 0 Å². The number of hydrogen-bond donors (Lipinski definition) is 2. The molecule has 1 fully saturated rings. The molecule has 2 amide bonds. The summed E-state index contributed by atoms with van der Waals surface area (Å²) in [5.41, 5.74) is 3.87. The molecule has 5 heteroatoms.